The molecule has 1 saturated heterocycles. The molecule has 1 spiro atoms. The SMILES string of the molecule is O=C1Nc2ccc(F)cc2C2(CCN(C(=O)c3cc(-c4cccnc4)n(-c4ccc(F)c(C(F)(F)F)c4)n3)CC2)O1. The Morgan fingerprint density at radius 1 is 1.02 bits per heavy atom. The van der Waals surface area contributed by atoms with Gasteiger partial charge in [0.25, 0.3) is 5.91 Å². The van der Waals surface area contributed by atoms with E-state index < -0.39 is 41.0 Å². The van der Waals surface area contributed by atoms with Gasteiger partial charge in [-0.05, 0) is 54.6 Å². The molecule has 41 heavy (non-hydrogen) atoms. The van der Waals surface area contributed by atoms with E-state index in [4.69, 9.17) is 4.74 Å². The highest BCUT2D eigenvalue weighted by Gasteiger charge is 2.45. The zero-order chi connectivity index (χ0) is 28.9. The standard InChI is InChI=1S/C28H20F5N5O3/c29-17-3-6-22-20(12-17)27(41-26(40)35-22)7-10-37(11-8-27)25(39)23-14-24(16-2-1-9-34-15-16)38(36-23)18-4-5-21(30)19(13-18)28(31,32)33/h1-6,9,12-15H,7-8,10-11H2,(H,35,40). The Morgan fingerprint density at radius 2 is 1.80 bits per heavy atom. The summed E-state index contributed by atoms with van der Waals surface area (Å²) in [6.07, 6.45) is -2.28. The molecule has 2 aromatic carbocycles. The lowest BCUT2D eigenvalue weighted by molar-refractivity contribution is -0.140. The van der Waals surface area contributed by atoms with Gasteiger partial charge in [-0.3, -0.25) is 15.1 Å². The summed E-state index contributed by atoms with van der Waals surface area (Å²) in [7, 11) is 0. The van der Waals surface area contributed by atoms with Crippen molar-refractivity contribution in [3.8, 4) is 16.9 Å². The van der Waals surface area contributed by atoms with Crippen LogP contribution >= 0.6 is 0 Å². The Labute approximate surface area is 229 Å². The Morgan fingerprint density at radius 3 is 2.51 bits per heavy atom. The molecule has 1 N–H and O–H groups in total. The van der Waals surface area contributed by atoms with E-state index in [2.05, 4.69) is 15.4 Å². The average Bonchev–Trinajstić information content (AvgIpc) is 3.39. The van der Waals surface area contributed by atoms with Gasteiger partial charge in [-0.1, -0.05) is 0 Å². The number of benzene rings is 2. The summed E-state index contributed by atoms with van der Waals surface area (Å²) >= 11 is 0. The minimum Gasteiger partial charge on any atom is -0.438 e. The normalized spacial score (nSPS) is 16.2. The van der Waals surface area contributed by atoms with Gasteiger partial charge in [0.05, 0.1) is 22.6 Å². The van der Waals surface area contributed by atoms with E-state index >= 15 is 0 Å². The number of ether oxygens (including phenoxy) is 1. The Balaban J connectivity index is 1.32. The van der Waals surface area contributed by atoms with Crippen LogP contribution in [-0.2, 0) is 16.5 Å². The van der Waals surface area contributed by atoms with Crippen LogP contribution in [0.2, 0.25) is 0 Å². The highest BCUT2D eigenvalue weighted by molar-refractivity contribution is 5.94. The van der Waals surface area contributed by atoms with Gasteiger partial charge in [-0.15, -0.1) is 0 Å². The first kappa shape index (κ1) is 26.4. The summed E-state index contributed by atoms with van der Waals surface area (Å²) in [5, 5.41) is 6.87. The molecule has 0 aliphatic carbocycles. The van der Waals surface area contributed by atoms with Crippen molar-refractivity contribution in [1.82, 2.24) is 19.7 Å². The third-order valence-corrected chi connectivity index (χ3v) is 7.24. The van der Waals surface area contributed by atoms with E-state index in [1.165, 1.54) is 41.6 Å². The first-order valence-electron chi connectivity index (χ1n) is 12.5. The van der Waals surface area contributed by atoms with Gasteiger partial charge in [0.1, 0.15) is 17.2 Å². The predicted molar refractivity (Wildman–Crippen MR) is 135 cm³/mol. The number of anilines is 1. The summed E-state index contributed by atoms with van der Waals surface area (Å²) < 4.78 is 75.1. The molecule has 0 atom stereocenters. The molecule has 4 aromatic rings. The molecule has 0 saturated carbocycles. The molecule has 2 aromatic heterocycles. The van der Waals surface area contributed by atoms with Gasteiger partial charge in [-0.2, -0.15) is 18.3 Å². The van der Waals surface area contributed by atoms with Crippen LogP contribution in [0.15, 0.2) is 67.0 Å². The van der Waals surface area contributed by atoms with Crippen molar-refractivity contribution in [2.45, 2.75) is 24.6 Å². The van der Waals surface area contributed by atoms with Gasteiger partial charge in [0.2, 0.25) is 0 Å². The number of carbonyl (C=O) groups excluding carboxylic acids is 2. The third-order valence-electron chi connectivity index (χ3n) is 7.24. The number of fused-ring (bicyclic) bond motifs is 2. The average molecular weight is 569 g/mol. The molecule has 0 bridgehead atoms. The number of nitrogens with zero attached hydrogens (tertiary/aromatic N) is 4. The lowest BCUT2D eigenvalue weighted by atomic mass is 9.82. The zero-order valence-corrected chi connectivity index (χ0v) is 21.1. The number of alkyl halides is 3. The van der Waals surface area contributed by atoms with E-state index in [1.54, 1.807) is 12.1 Å². The summed E-state index contributed by atoms with van der Waals surface area (Å²) in [5.74, 6) is -2.44. The Bertz CT molecular complexity index is 1660. The van der Waals surface area contributed by atoms with Crippen LogP contribution in [0.5, 0.6) is 0 Å². The van der Waals surface area contributed by atoms with Gasteiger partial charge >= 0.3 is 12.3 Å². The van der Waals surface area contributed by atoms with Crippen molar-refractivity contribution in [2.75, 3.05) is 18.4 Å². The number of piperidine rings is 1. The first-order valence-corrected chi connectivity index (χ1v) is 12.5. The van der Waals surface area contributed by atoms with Crippen LogP contribution in [0.1, 0.15) is 34.5 Å². The molecule has 2 aliphatic rings. The fraction of sp³-hybridized carbons (Fsp3) is 0.214. The minimum atomic E-state index is -4.94. The van der Waals surface area contributed by atoms with Crippen LogP contribution in [0.4, 0.5) is 32.4 Å². The van der Waals surface area contributed by atoms with Crippen LogP contribution in [0.3, 0.4) is 0 Å². The summed E-state index contributed by atoms with van der Waals surface area (Å²) in [6, 6.07) is 11.1. The molecule has 8 nitrogen and oxygen atoms in total. The van der Waals surface area contributed by atoms with E-state index in [-0.39, 0.29) is 43.0 Å². The molecular weight excluding hydrogens is 549 g/mol. The number of rotatable bonds is 3. The molecule has 0 unspecified atom stereocenters. The summed E-state index contributed by atoms with van der Waals surface area (Å²) in [4.78, 5) is 31.3. The van der Waals surface area contributed by atoms with Crippen LogP contribution in [-0.4, -0.2) is 44.8 Å². The fourth-order valence-corrected chi connectivity index (χ4v) is 5.24. The van der Waals surface area contributed by atoms with Gasteiger partial charge in [0.15, 0.2) is 5.69 Å². The Kier molecular flexibility index (Phi) is 6.24. The second kappa shape index (κ2) is 9.68. The third kappa shape index (κ3) is 4.77. The number of amides is 2. The van der Waals surface area contributed by atoms with Gasteiger partial charge in [0, 0.05) is 49.5 Å². The topological polar surface area (TPSA) is 89.4 Å². The number of carbonyl (C=O) groups is 2. The summed E-state index contributed by atoms with van der Waals surface area (Å²) in [5.41, 5.74) is -1.12. The van der Waals surface area contributed by atoms with Crippen LogP contribution in [0, 0.1) is 11.6 Å². The van der Waals surface area contributed by atoms with Crippen molar-refractivity contribution >= 4 is 17.7 Å². The zero-order valence-electron chi connectivity index (χ0n) is 21.1. The molecule has 1 fully saturated rings. The number of hydrogen-bond donors (Lipinski definition) is 1. The lowest BCUT2D eigenvalue weighted by Gasteiger charge is -2.44. The highest BCUT2D eigenvalue weighted by atomic mass is 19.4. The number of halogens is 5. The molecule has 0 radical (unpaired) electrons. The predicted octanol–water partition coefficient (Wildman–Crippen LogP) is 5.92. The monoisotopic (exact) mass is 569 g/mol. The largest absolute Gasteiger partial charge is 0.438 e. The molecule has 210 valence electrons. The van der Waals surface area contributed by atoms with Crippen molar-refractivity contribution < 1.29 is 36.3 Å². The second-order valence-electron chi connectivity index (χ2n) is 9.72. The van der Waals surface area contributed by atoms with Crippen LogP contribution < -0.4 is 5.32 Å². The molecule has 2 amide bonds. The second-order valence-corrected chi connectivity index (χ2v) is 9.72. The highest BCUT2D eigenvalue weighted by Crippen LogP contribution is 2.44. The molecular formula is C28H20F5N5O3. The summed E-state index contributed by atoms with van der Waals surface area (Å²) in [6.45, 7) is 0.262. The number of pyridine rings is 1. The number of nitrogens with one attached hydrogen (secondary N) is 1. The maximum atomic E-state index is 14.1. The molecule has 4 heterocycles. The Hall–Kier alpha value is -4.81. The van der Waals surface area contributed by atoms with E-state index in [1.807, 2.05) is 0 Å². The molecule has 6 rings (SSSR count). The van der Waals surface area contributed by atoms with Crippen molar-refractivity contribution in [1.29, 1.82) is 0 Å². The molecule has 13 heteroatoms. The first-order chi connectivity index (χ1) is 19.5. The minimum absolute atomic E-state index is 0.0635. The van der Waals surface area contributed by atoms with Crippen molar-refractivity contribution in [2.24, 2.45) is 0 Å². The maximum Gasteiger partial charge on any atom is 0.419 e. The van der Waals surface area contributed by atoms with E-state index in [9.17, 15) is 31.5 Å². The maximum absolute atomic E-state index is 14.1. The fourth-order valence-electron chi connectivity index (χ4n) is 5.24. The quantitative estimate of drug-likeness (QED) is 0.309. The van der Waals surface area contributed by atoms with Crippen molar-refractivity contribution in [3.05, 3.63) is 95.4 Å². The van der Waals surface area contributed by atoms with Crippen molar-refractivity contribution in [3.63, 3.8) is 0 Å². The van der Waals surface area contributed by atoms with Gasteiger partial charge < -0.3 is 9.64 Å². The van der Waals surface area contributed by atoms with E-state index in [0.717, 1.165) is 10.7 Å². The number of aromatic nitrogens is 3. The number of hydrogen-bond acceptors (Lipinski definition) is 5. The van der Waals surface area contributed by atoms with E-state index in [0.29, 0.717) is 28.9 Å². The smallest absolute Gasteiger partial charge is 0.419 e. The van der Waals surface area contributed by atoms with Crippen LogP contribution in [0.25, 0.3) is 16.9 Å². The molecule has 2 aliphatic heterocycles. The lowest BCUT2D eigenvalue weighted by Crippen LogP contribution is -2.49. The number of likely N-dealkylation sites (tertiary alicyclic amines) is 1. The van der Waals surface area contributed by atoms with Gasteiger partial charge in [-0.25, -0.2) is 18.3 Å².